The largest absolute Gasteiger partial charge is 0.493 e. The summed E-state index contributed by atoms with van der Waals surface area (Å²) in [6.45, 7) is -0.131. The second-order valence-electron chi connectivity index (χ2n) is 2.81. The zero-order valence-electron chi connectivity index (χ0n) is 8.66. The summed E-state index contributed by atoms with van der Waals surface area (Å²) in [4.78, 5) is 0. The van der Waals surface area contributed by atoms with Gasteiger partial charge in [0.05, 0.1) is 20.8 Å². The Balaban J connectivity index is 3.13. The van der Waals surface area contributed by atoms with Crippen LogP contribution >= 0.6 is 0 Å². The molecule has 0 saturated heterocycles. The van der Waals surface area contributed by atoms with Gasteiger partial charge in [-0.05, 0) is 6.07 Å². The Hall–Kier alpha value is -1.55. The Kier molecular flexibility index (Phi) is 4.12. The second kappa shape index (κ2) is 5.36. The lowest BCUT2D eigenvalue weighted by molar-refractivity contribution is 0.343. The molecule has 0 radical (unpaired) electrons. The third-order valence-corrected chi connectivity index (χ3v) is 1.91. The molecule has 1 N–H and O–H groups in total. The summed E-state index contributed by atoms with van der Waals surface area (Å²) in [5.41, 5.74) is 0.349. The van der Waals surface area contributed by atoms with Crippen LogP contribution in [-0.4, -0.2) is 25.9 Å². The van der Waals surface area contributed by atoms with Crippen molar-refractivity contribution in [3.05, 3.63) is 29.6 Å². The predicted octanol–water partition coefficient (Wildman–Crippen LogP) is 1.85. The normalized spacial score (nSPS) is 10.7. The number of aliphatic hydroxyl groups is 1. The number of hydrogen-bond acceptors (Lipinski definition) is 3. The molecule has 0 unspecified atom stereocenters. The molecule has 3 nitrogen and oxygen atoms in total. The number of rotatable bonds is 4. The molecule has 1 aromatic rings. The molecule has 0 aliphatic carbocycles. The lowest BCUT2D eigenvalue weighted by Crippen LogP contribution is -1.93. The molecule has 0 saturated carbocycles. The van der Waals surface area contributed by atoms with E-state index in [1.807, 2.05) is 0 Å². The first-order valence-corrected chi connectivity index (χ1v) is 4.41. The second-order valence-corrected chi connectivity index (χ2v) is 2.81. The number of ether oxygens (including phenoxy) is 2. The Morgan fingerprint density at radius 3 is 2.40 bits per heavy atom. The molecule has 1 rings (SSSR count). The fourth-order valence-corrected chi connectivity index (χ4v) is 1.18. The van der Waals surface area contributed by atoms with Crippen LogP contribution in [0.1, 0.15) is 5.56 Å². The van der Waals surface area contributed by atoms with Crippen LogP contribution in [0.4, 0.5) is 4.39 Å². The van der Waals surface area contributed by atoms with Crippen LogP contribution in [-0.2, 0) is 0 Å². The first kappa shape index (κ1) is 11.5. The maximum Gasteiger partial charge on any atom is 0.163 e. The summed E-state index contributed by atoms with van der Waals surface area (Å²) in [6.07, 6.45) is 2.93. The predicted molar refractivity (Wildman–Crippen MR) is 55.6 cm³/mol. The molecular weight excluding hydrogens is 199 g/mol. The minimum absolute atomic E-state index is 0.131. The minimum Gasteiger partial charge on any atom is -0.493 e. The first-order chi connectivity index (χ1) is 7.22. The standard InChI is InChI=1S/C11H13FO3/c1-14-10-6-8(4-3-5-13)9(12)7-11(10)15-2/h3-4,6-7,13H,5H2,1-2H3. The molecule has 0 aliphatic heterocycles. The van der Waals surface area contributed by atoms with E-state index in [0.717, 1.165) is 0 Å². The van der Waals surface area contributed by atoms with E-state index in [9.17, 15) is 4.39 Å². The van der Waals surface area contributed by atoms with Crippen molar-refractivity contribution in [3.63, 3.8) is 0 Å². The number of benzene rings is 1. The molecule has 4 heteroatoms. The van der Waals surface area contributed by atoms with Gasteiger partial charge in [0.2, 0.25) is 0 Å². The minimum atomic E-state index is -0.419. The van der Waals surface area contributed by atoms with E-state index in [2.05, 4.69) is 0 Å². The van der Waals surface area contributed by atoms with Crippen LogP contribution in [0.15, 0.2) is 18.2 Å². The van der Waals surface area contributed by atoms with Gasteiger partial charge in [-0.25, -0.2) is 4.39 Å². The molecule has 0 spiro atoms. The van der Waals surface area contributed by atoms with Gasteiger partial charge in [-0.3, -0.25) is 0 Å². The molecule has 15 heavy (non-hydrogen) atoms. The molecule has 82 valence electrons. The smallest absolute Gasteiger partial charge is 0.163 e. The van der Waals surface area contributed by atoms with E-state index in [0.29, 0.717) is 17.1 Å². The summed E-state index contributed by atoms with van der Waals surface area (Å²) in [5, 5.41) is 8.58. The van der Waals surface area contributed by atoms with Crippen LogP contribution < -0.4 is 9.47 Å². The molecule has 0 heterocycles. The third-order valence-electron chi connectivity index (χ3n) is 1.91. The summed E-state index contributed by atoms with van der Waals surface area (Å²) in [7, 11) is 2.93. The van der Waals surface area contributed by atoms with Crippen LogP contribution in [0.25, 0.3) is 6.08 Å². The Bertz CT molecular complexity index is 361. The van der Waals surface area contributed by atoms with Crippen molar-refractivity contribution in [1.29, 1.82) is 0 Å². The van der Waals surface area contributed by atoms with Gasteiger partial charge in [-0.2, -0.15) is 0 Å². The maximum absolute atomic E-state index is 13.4. The van der Waals surface area contributed by atoms with Crippen molar-refractivity contribution in [1.82, 2.24) is 0 Å². The van der Waals surface area contributed by atoms with Crippen molar-refractivity contribution in [2.75, 3.05) is 20.8 Å². The number of aliphatic hydroxyl groups excluding tert-OH is 1. The average molecular weight is 212 g/mol. The highest BCUT2D eigenvalue weighted by molar-refractivity contribution is 5.56. The van der Waals surface area contributed by atoms with Crippen LogP contribution in [0.5, 0.6) is 11.5 Å². The van der Waals surface area contributed by atoms with Crippen LogP contribution in [0, 0.1) is 5.82 Å². The summed E-state index contributed by atoms with van der Waals surface area (Å²) in [5.74, 6) is 0.380. The van der Waals surface area contributed by atoms with Crippen molar-refractivity contribution >= 4 is 6.08 Å². The molecule has 0 bridgehead atoms. The lowest BCUT2D eigenvalue weighted by atomic mass is 10.1. The Morgan fingerprint density at radius 1 is 1.27 bits per heavy atom. The van der Waals surface area contributed by atoms with Crippen molar-refractivity contribution in [2.45, 2.75) is 0 Å². The number of methoxy groups -OCH3 is 2. The van der Waals surface area contributed by atoms with Crippen molar-refractivity contribution in [2.24, 2.45) is 0 Å². The van der Waals surface area contributed by atoms with E-state index < -0.39 is 5.82 Å². The molecule has 0 aliphatic rings. The van der Waals surface area contributed by atoms with Gasteiger partial charge in [-0.15, -0.1) is 0 Å². The molecule has 1 aromatic carbocycles. The number of halogens is 1. The summed E-state index contributed by atoms with van der Waals surface area (Å²) < 4.78 is 23.4. The number of hydrogen-bond donors (Lipinski definition) is 1. The highest BCUT2D eigenvalue weighted by Gasteiger charge is 2.08. The van der Waals surface area contributed by atoms with E-state index >= 15 is 0 Å². The van der Waals surface area contributed by atoms with Gasteiger partial charge >= 0.3 is 0 Å². The van der Waals surface area contributed by atoms with Gasteiger partial charge in [-0.1, -0.05) is 12.2 Å². The fraction of sp³-hybridized carbons (Fsp3) is 0.273. The Labute approximate surface area is 87.8 Å². The zero-order chi connectivity index (χ0) is 11.3. The summed E-state index contributed by atoms with van der Waals surface area (Å²) >= 11 is 0. The highest BCUT2D eigenvalue weighted by Crippen LogP contribution is 2.30. The van der Waals surface area contributed by atoms with Gasteiger partial charge in [0, 0.05) is 11.6 Å². The molecule has 0 amide bonds. The lowest BCUT2D eigenvalue weighted by Gasteiger charge is -2.08. The van der Waals surface area contributed by atoms with Crippen LogP contribution in [0.2, 0.25) is 0 Å². The first-order valence-electron chi connectivity index (χ1n) is 4.41. The van der Waals surface area contributed by atoms with E-state index in [1.54, 1.807) is 0 Å². The van der Waals surface area contributed by atoms with E-state index in [-0.39, 0.29) is 6.61 Å². The third kappa shape index (κ3) is 2.70. The van der Waals surface area contributed by atoms with Crippen molar-refractivity contribution in [3.8, 4) is 11.5 Å². The molecule has 0 fully saturated rings. The van der Waals surface area contributed by atoms with Crippen molar-refractivity contribution < 1.29 is 19.0 Å². The maximum atomic E-state index is 13.4. The molecular formula is C11H13FO3. The molecule has 0 atom stereocenters. The fourth-order valence-electron chi connectivity index (χ4n) is 1.18. The Morgan fingerprint density at radius 2 is 1.87 bits per heavy atom. The van der Waals surface area contributed by atoms with E-state index in [4.69, 9.17) is 14.6 Å². The van der Waals surface area contributed by atoms with Gasteiger partial charge in [0.25, 0.3) is 0 Å². The van der Waals surface area contributed by atoms with Crippen LogP contribution in [0.3, 0.4) is 0 Å². The topological polar surface area (TPSA) is 38.7 Å². The highest BCUT2D eigenvalue weighted by atomic mass is 19.1. The molecule has 0 aromatic heterocycles. The summed E-state index contributed by atoms with van der Waals surface area (Å²) in [6, 6.07) is 2.76. The quantitative estimate of drug-likeness (QED) is 0.827. The van der Waals surface area contributed by atoms with Gasteiger partial charge < -0.3 is 14.6 Å². The van der Waals surface area contributed by atoms with Gasteiger partial charge in [0.15, 0.2) is 11.5 Å². The van der Waals surface area contributed by atoms with Gasteiger partial charge in [0.1, 0.15) is 5.82 Å². The van der Waals surface area contributed by atoms with E-state index in [1.165, 1.54) is 38.5 Å². The average Bonchev–Trinajstić information content (AvgIpc) is 2.27. The monoisotopic (exact) mass is 212 g/mol. The SMILES string of the molecule is COc1cc(F)c(C=CCO)cc1OC. The zero-order valence-corrected chi connectivity index (χ0v) is 8.66.